The molecule has 5 heteroatoms. The third kappa shape index (κ3) is 5.19. The van der Waals surface area contributed by atoms with Gasteiger partial charge in [0.2, 0.25) is 0 Å². The summed E-state index contributed by atoms with van der Waals surface area (Å²) in [6.07, 6.45) is 1.58. The summed E-state index contributed by atoms with van der Waals surface area (Å²) in [4.78, 5) is 14.1. The molecule has 0 aliphatic rings. The average molecular weight is 350 g/mol. The van der Waals surface area contributed by atoms with Gasteiger partial charge in [0.1, 0.15) is 12.4 Å². The molecule has 0 N–H and O–H groups in total. The van der Waals surface area contributed by atoms with E-state index in [1.165, 1.54) is 5.56 Å². The highest BCUT2D eigenvalue weighted by atomic mass is 79.9. The molecule has 21 heavy (non-hydrogen) atoms. The zero-order valence-electron chi connectivity index (χ0n) is 11.5. The van der Waals surface area contributed by atoms with Crippen LogP contribution >= 0.6 is 15.9 Å². The summed E-state index contributed by atoms with van der Waals surface area (Å²) in [6, 6.07) is 16.2. The number of hydrogen-bond acceptors (Lipinski definition) is 4. The van der Waals surface area contributed by atoms with E-state index in [-0.39, 0.29) is 0 Å². The molecule has 0 aliphatic carbocycles. The number of nitrogens with zero attached hydrogens (tertiary/aromatic N) is 1. The monoisotopic (exact) mass is 349 g/mol. The van der Waals surface area contributed by atoms with Gasteiger partial charge in [-0.3, -0.25) is 0 Å². The van der Waals surface area contributed by atoms with Gasteiger partial charge in [0, 0.05) is 4.47 Å². The van der Waals surface area contributed by atoms with Crippen molar-refractivity contribution in [3.8, 4) is 16.9 Å². The molecule has 0 spiro atoms. The van der Waals surface area contributed by atoms with Gasteiger partial charge in [0.15, 0.2) is 5.34 Å². The second-order valence-corrected chi connectivity index (χ2v) is 5.41. The predicted molar refractivity (Wildman–Crippen MR) is 86.1 cm³/mol. The molecule has 2 aromatic carbocycles. The maximum Gasteiger partial charge on any atom is 0.155 e. The number of ether oxygens (including phenoxy) is 1. The highest BCUT2D eigenvalue weighted by molar-refractivity contribution is 9.10. The third-order valence-corrected chi connectivity index (χ3v) is 3.51. The Bertz CT molecular complexity index is 555. The number of rotatable bonds is 8. The first-order valence-electron chi connectivity index (χ1n) is 6.73. The van der Waals surface area contributed by atoms with Crippen LogP contribution in [-0.2, 0) is 4.84 Å². The Morgan fingerprint density at radius 2 is 1.43 bits per heavy atom. The van der Waals surface area contributed by atoms with Crippen LogP contribution in [0.3, 0.4) is 0 Å². The summed E-state index contributed by atoms with van der Waals surface area (Å²) < 4.78 is 6.69. The zero-order chi connectivity index (χ0) is 14.9. The maximum absolute atomic E-state index is 9.72. The molecule has 0 amide bonds. The highest BCUT2D eigenvalue weighted by Gasteiger charge is 1.99. The van der Waals surface area contributed by atoms with Crippen molar-refractivity contribution >= 4 is 15.9 Å². The van der Waals surface area contributed by atoms with Crippen LogP contribution in [0.4, 0.5) is 0 Å². The molecule has 4 nitrogen and oxygen atoms in total. The lowest BCUT2D eigenvalue weighted by atomic mass is 10.1. The maximum atomic E-state index is 9.72. The van der Waals surface area contributed by atoms with Gasteiger partial charge >= 0.3 is 0 Å². The summed E-state index contributed by atoms with van der Waals surface area (Å²) >= 11 is 3.43. The molecular formula is C16H16BrNO3. The van der Waals surface area contributed by atoms with E-state index in [0.717, 1.165) is 28.6 Å². The molecule has 0 saturated heterocycles. The van der Waals surface area contributed by atoms with Gasteiger partial charge in [0.05, 0.1) is 6.61 Å². The second-order valence-electron chi connectivity index (χ2n) is 4.49. The first-order valence-corrected chi connectivity index (χ1v) is 7.52. The van der Waals surface area contributed by atoms with Crippen LogP contribution in [-0.4, -0.2) is 13.2 Å². The third-order valence-electron chi connectivity index (χ3n) is 2.98. The van der Waals surface area contributed by atoms with Crippen LogP contribution in [0.15, 0.2) is 58.3 Å². The standard InChI is InChI=1S/C16H16BrNO3/c17-15-7-3-13(4-8-15)14-5-9-16(10-6-14)20-11-1-2-12-21-18-19/h3-10H,1-2,11-12H2. The molecule has 2 aromatic rings. The van der Waals surface area contributed by atoms with E-state index in [9.17, 15) is 4.91 Å². The van der Waals surface area contributed by atoms with Gasteiger partial charge in [-0.2, -0.15) is 0 Å². The lowest BCUT2D eigenvalue weighted by Crippen LogP contribution is -1.99. The fourth-order valence-corrected chi connectivity index (χ4v) is 2.15. The lowest BCUT2D eigenvalue weighted by molar-refractivity contribution is 0.131. The Morgan fingerprint density at radius 3 is 2.05 bits per heavy atom. The van der Waals surface area contributed by atoms with Crippen LogP contribution < -0.4 is 4.74 Å². The van der Waals surface area contributed by atoms with Crippen molar-refractivity contribution in [2.24, 2.45) is 5.34 Å². The summed E-state index contributed by atoms with van der Waals surface area (Å²) in [7, 11) is 0. The fraction of sp³-hybridized carbons (Fsp3) is 0.250. The van der Waals surface area contributed by atoms with E-state index in [0.29, 0.717) is 13.2 Å². The molecule has 0 bridgehead atoms. The van der Waals surface area contributed by atoms with Crippen LogP contribution in [0.2, 0.25) is 0 Å². The van der Waals surface area contributed by atoms with Gasteiger partial charge in [0.25, 0.3) is 0 Å². The SMILES string of the molecule is O=NOCCCCOc1ccc(-c2ccc(Br)cc2)cc1. The minimum absolute atomic E-state index is 0.343. The molecule has 110 valence electrons. The van der Waals surface area contributed by atoms with Gasteiger partial charge in [-0.1, -0.05) is 40.2 Å². The van der Waals surface area contributed by atoms with E-state index < -0.39 is 0 Å². The topological polar surface area (TPSA) is 47.9 Å². The van der Waals surface area contributed by atoms with E-state index in [1.807, 2.05) is 36.4 Å². The fourth-order valence-electron chi connectivity index (χ4n) is 1.88. The highest BCUT2D eigenvalue weighted by Crippen LogP contribution is 2.24. The minimum atomic E-state index is 0.343. The largest absolute Gasteiger partial charge is 0.494 e. The van der Waals surface area contributed by atoms with Crippen molar-refractivity contribution in [2.45, 2.75) is 12.8 Å². The summed E-state index contributed by atoms with van der Waals surface area (Å²) in [5.74, 6) is 0.838. The van der Waals surface area contributed by atoms with Gasteiger partial charge in [-0.15, -0.1) is 4.91 Å². The molecule has 2 rings (SSSR count). The number of unbranched alkanes of at least 4 members (excludes halogenated alkanes) is 1. The zero-order valence-corrected chi connectivity index (χ0v) is 13.1. The Balaban J connectivity index is 1.82. The molecule has 0 heterocycles. The summed E-state index contributed by atoms with van der Waals surface area (Å²) in [5, 5.41) is 2.34. The van der Waals surface area contributed by atoms with Crippen molar-refractivity contribution in [1.29, 1.82) is 0 Å². The summed E-state index contributed by atoms with van der Waals surface area (Å²) in [6.45, 7) is 0.940. The Hall–Kier alpha value is -1.88. The molecule has 0 atom stereocenters. The van der Waals surface area contributed by atoms with E-state index in [4.69, 9.17) is 4.74 Å². The first-order chi connectivity index (χ1) is 10.3. The predicted octanol–water partition coefficient (Wildman–Crippen LogP) is 4.97. The average Bonchev–Trinajstić information content (AvgIpc) is 2.52. The van der Waals surface area contributed by atoms with Crippen molar-refractivity contribution in [3.63, 3.8) is 0 Å². The first kappa shape index (κ1) is 15.5. The van der Waals surface area contributed by atoms with E-state index in [2.05, 4.69) is 38.2 Å². The number of hydrogen-bond donors (Lipinski definition) is 0. The van der Waals surface area contributed by atoms with E-state index in [1.54, 1.807) is 0 Å². The minimum Gasteiger partial charge on any atom is -0.494 e. The van der Waals surface area contributed by atoms with Crippen molar-refractivity contribution < 1.29 is 9.57 Å². The molecule has 0 fully saturated rings. The van der Waals surface area contributed by atoms with Crippen LogP contribution in [0.5, 0.6) is 5.75 Å². The molecule has 0 saturated carbocycles. The second kappa shape index (κ2) is 8.42. The smallest absolute Gasteiger partial charge is 0.155 e. The van der Waals surface area contributed by atoms with Crippen LogP contribution in [0.25, 0.3) is 11.1 Å². The quantitative estimate of drug-likeness (QED) is 0.384. The Morgan fingerprint density at radius 1 is 0.857 bits per heavy atom. The molecule has 0 radical (unpaired) electrons. The van der Waals surface area contributed by atoms with Crippen molar-refractivity contribution in [2.75, 3.05) is 13.2 Å². The van der Waals surface area contributed by atoms with Crippen LogP contribution in [0, 0.1) is 4.91 Å². The molecular weight excluding hydrogens is 334 g/mol. The lowest BCUT2D eigenvalue weighted by Gasteiger charge is -2.07. The van der Waals surface area contributed by atoms with Crippen LogP contribution in [0.1, 0.15) is 12.8 Å². The molecule has 0 unspecified atom stereocenters. The number of benzene rings is 2. The molecule has 0 aliphatic heterocycles. The Kier molecular flexibility index (Phi) is 6.22. The van der Waals surface area contributed by atoms with Crippen molar-refractivity contribution in [3.05, 3.63) is 57.9 Å². The van der Waals surface area contributed by atoms with Gasteiger partial charge < -0.3 is 9.57 Å². The van der Waals surface area contributed by atoms with E-state index >= 15 is 0 Å². The Labute approximate surface area is 132 Å². The van der Waals surface area contributed by atoms with Gasteiger partial charge in [-0.25, -0.2) is 0 Å². The van der Waals surface area contributed by atoms with Crippen molar-refractivity contribution in [1.82, 2.24) is 0 Å². The number of halogens is 1. The molecule has 0 aromatic heterocycles. The summed E-state index contributed by atoms with van der Waals surface area (Å²) in [5.41, 5.74) is 2.32. The normalized spacial score (nSPS) is 10.1. The van der Waals surface area contributed by atoms with Gasteiger partial charge in [-0.05, 0) is 48.2 Å².